The Labute approximate surface area is 225 Å². The van der Waals surface area contributed by atoms with E-state index in [0.29, 0.717) is 34.3 Å². The van der Waals surface area contributed by atoms with Gasteiger partial charge in [0.1, 0.15) is 33.7 Å². The molecule has 3 aromatic heterocycles. The molecule has 0 aliphatic rings. The van der Waals surface area contributed by atoms with Crippen LogP contribution in [0.25, 0.3) is 17.1 Å². The Morgan fingerprint density at radius 2 is 1.76 bits per heavy atom. The molecule has 0 aliphatic carbocycles. The number of nitrogens with one attached hydrogen (secondary N) is 1. The lowest BCUT2D eigenvalue weighted by Crippen LogP contribution is -2.33. The summed E-state index contributed by atoms with van der Waals surface area (Å²) in [6.45, 7) is 3.51. The van der Waals surface area contributed by atoms with E-state index in [1.54, 1.807) is 49.6 Å². The number of pyridine rings is 1. The molecule has 14 heteroatoms. The molecule has 0 spiro atoms. The number of anilines is 1. The fourth-order valence-electron chi connectivity index (χ4n) is 3.79. The van der Waals surface area contributed by atoms with Crippen molar-refractivity contribution in [1.82, 2.24) is 29.7 Å². The average Bonchev–Trinajstić information content (AvgIpc) is 3.34. The number of nitrogens with zero attached hydrogens (tertiary/aromatic N) is 6. The van der Waals surface area contributed by atoms with E-state index in [-0.39, 0.29) is 17.7 Å². The summed E-state index contributed by atoms with van der Waals surface area (Å²) in [5.41, 5.74) is 1.31. The van der Waals surface area contributed by atoms with E-state index < -0.39 is 21.4 Å². The second-order valence-electron chi connectivity index (χ2n) is 7.93. The number of halogens is 1. The molecule has 4 aromatic rings. The van der Waals surface area contributed by atoms with E-state index >= 15 is 0 Å². The lowest BCUT2D eigenvalue weighted by Gasteiger charge is -2.24. The first kappa shape index (κ1) is 27.2. The van der Waals surface area contributed by atoms with Crippen LogP contribution in [0.3, 0.4) is 0 Å². The summed E-state index contributed by atoms with van der Waals surface area (Å²) in [7, 11) is -1.13. The standard InChI is InChI=1S/C24H26ClN7O5S/c1-5-37-22(17-13-28-20(25)14-27-17)15(2)38(33,34)31-24-30-29-23(16-8-7-11-26-12-16)32(24)21-18(35-3)9-6-10-19(21)36-4/h6-15,22H,5H2,1-4H3,(H,30,31)/t15-,22-/m0/s1. The molecule has 0 radical (unpaired) electrons. The second kappa shape index (κ2) is 11.7. The highest BCUT2D eigenvalue weighted by Gasteiger charge is 2.35. The first-order chi connectivity index (χ1) is 18.3. The van der Waals surface area contributed by atoms with E-state index in [9.17, 15) is 8.42 Å². The smallest absolute Gasteiger partial charge is 0.243 e. The predicted octanol–water partition coefficient (Wildman–Crippen LogP) is 3.70. The van der Waals surface area contributed by atoms with Crippen LogP contribution in [-0.2, 0) is 14.8 Å². The topological polar surface area (TPSA) is 143 Å². The number of benzene rings is 1. The molecule has 1 aromatic carbocycles. The summed E-state index contributed by atoms with van der Waals surface area (Å²) in [4.78, 5) is 12.4. The molecule has 0 amide bonds. The largest absolute Gasteiger partial charge is 0.494 e. The number of aromatic nitrogens is 6. The second-order valence-corrected chi connectivity index (χ2v) is 10.4. The van der Waals surface area contributed by atoms with Crippen molar-refractivity contribution in [1.29, 1.82) is 0 Å². The molecule has 0 unspecified atom stereocenters. The predicted molar refractivity (Wildman–Crippen MR) is 141 cm³/mol. The van der Waals surface area contributed by atoms with Crippen LogP contribution in [0.2, 0.25) is 5.15 Å². The maximum Gasteiger partial charge on any atom is 0.243 e. The van der Waals surface area contributed by atoms with Crippen molar-refractivity contribution in [2.45, 2.75) is 25.2 Å². The Hall–Kier alpha value is -3.81. The highest BCUT2D eigenvalue weighted by Crippen LogP contribution is 2.38. The van der Waals surface area contributed by atoms with E-state index in [1.807, 2.05) is 0 Å². The highest BCUT2D eigenvalue weighted by molar-refractivity contribution is 7.93. The molecule has 38 heavy (non-hydrogen) atoms. The van der Waals surface area contributed by atoms with Gasteiger partial charge in [0.05, 0.1) is 32.3 Å². The minimum Gasteiger partial charge on any atom is -0.494 e. The lowest BCUT2D eigenvalue weighted by molar-refractivity contribution is 0.0588. The molecule has 1 N–H and O–H groups in total. The van der Waals surface area contributed by atoms with Crippen LogP contribution in [0.1, 0.15) is 25.6 Å². The first-order valence-electron chi connectivity index (χ1n) is 11.5. The van der Waals surface area contributed by atoms with Gasteiger partial charge in [0, 0.05) is 24.6 Å². The van der Waals surface area contributed by atoms with Crippen molar-refractivity contribution >= 4 is 27.6 Å². The molecule has 12 nitrogen and oxygen atoms in total. The maximum atomic E-state index is 13.7. The van der Waals surface area contributed by atoms with E-state index in [2.05, 4.69) is 29.9 Å². The molecule has 3 heterocycles. The summed E-state index contributed by atoms with van der Waals surface area (Å²) in [6, 6.07) is 8.70. The van der Waals surface area contributed by atoms with Crippen molar-refractivity contribution in [2.75, 3.05) is 25.5 Å². The molecule has 0 bridgehead atoms. The Balaban J connectivity index is 1.83. The van der Waals surface area contributed by atoms with Gasteiger partial charge >= 0.3 is 0 Å². The minimum atomic E-state index is -4.13. The Morgan fingerprint density at radius 1 is 1.03 bits per heavy atom. The molecule has 0 aliphatic heterocycles. The zero-order chi connectivity index (χ0) is 27.3. The summed E-state index contributed by atoms with van der Waals surface area (Å²) in [6.07, 6.45) is 5.00. The lowest BCUT2D eigenvalue weighted by atomic mass is 10.2. The van der Waals surface area contributed by atoms with Crippen LogP contribution >= 0.6 is 11.6 Å². The van der Waals surface area contributed by atoms with Crippen molar-refractivity contribution in [3.05, 3.63) is 66.0 Å². The van der Waals surface area contributed by atoms with Crippen LogP contribution in [0.5, 0.6) is 11.5 Å². The van der Waals surface area contributed by atoms with E-state index in [1.165, 1.54) is 38.1 Å². The SMILES string of the molecule is CCO[C@H](c1cnc(Cl)cn1)[C@H](C)S(=O)(=O)Nc1nnc(-c2cccnc2)n1-c1c(OC)cccc1OC. The Morgan fingerprint density at radius 3 is 2.34 bits per heavy atom. The van der Waals surface area contributed by atoms with Crippen molar-refractivity contribution in [3.63, 3.8) is 0 Å². The zero-order valence-corrected chi connectivity index (χ0v) is 22.6. The number of rotatable bonds is 11. The molecule has 2 atom stereocenters. The van der Waals surface area contributed by atoms with Crippen LogP contribution in [0.15, 0.2) is 55.1 Å². The highest BCUT2D eigenvalue weighted by atomic mass is 35.5. The monoisotopic (exact) mass is 559 g/mol. The summed E-state index contributed by atoms with van der Waals surface area (Å²) in [5.74, 6) is 1.05. The van der Waals surface area contributed by atoms with Crippen LogP contribution in [0, 0.1) is 0 Å². The van der Waals surface area contributed by atoms with E-state index in [0.717, 1.165) is 0 Å². The van der Waals surface area contributed by atoms with Crippen molar-refractivity contribution in [3.8, 4) is 28.6 Å². The fraction of sp³-hybridized carbons (Fsp3) is 0.292. The van der Waals surface area contributed by atoms with Gasteiger partial charge in [0.25, 0.3) is 0 Å². The normalized spacial score (nSPS) is 13.1. The maximum absolute atomic E-state index is 13.7. The van der Waals surface area contributed by atoms with Crippen molar-refractivity contribution < 1.29 is 22.6 Å². The number of methoxy groups -OCH3 is 2. The number of ether oxygens (including phenoxy) is 3. The fourth-order valence-corrected chi connectivity index (χ4v) is 5.00. The third kappa shape index (κ3) is 5.54. The van der Waals surface area contributed by atoms with Crippen molar-refractivity contribution in [2.24, 2.45) is 0 Å². The van der Waals surface area contributed by atoms with Gasteiger partial charge in [-0.15, -0.1) is 10.2 Å². The van der Waals surface area contributed by atoms with Gasteiger partial charge in [-0.1, -0.05) is 17.7 Å². The third-order valence-corrected chi connectivity index (χ3v) is 7.52. The molecule has 0 saturated carbocycles. The molecule has 0 saturated heterocycles. The molecular formula is C24H26ClN7O5S. The van der Waals surface area contributed by atoms with Gasteiger partial charge in [-0.05, 0) is 38.1 Å². The molecular weight excluding hydrogens is 534 g/mol. The van der Waals surface area contributed by atoms with Gasteiger partial charge in [-0.2, -0.15) is 0 Å². The van der Waals surface area contributed by atoms with Gasteiger partial charge in [-0.25, -0.2) is 13.4 Å². The number of sulfonamides is 1. The van der Waals surface area contributed by atoms with Crippen LogP contribution in [0.4, 0.5) is 5.95 Å². The number of hydrogen-bond donors (Lipinski definition) is 1. The average molecular weight is 560 g/mol. The van der Waals surface area contributed by atoms with Crippen LogP contribution < -0.4 is 14.2 Å². The third-order valence-electron chi connectivity index (χ3n) is 5.64. The summed E-state index contributed by atoms with van der Waals surface area (Å²) < 4.78 is 48.3. The summed E-state index contributed by atoms with van der Waals surface area (Å²) >= 11 is 5.86. The van der Waals surface area contributed by atoms with E-state index in [4.69, 9.17) is 25.8 Å². The number of hydrogen-bond acceptors (Lipinski definition) is 10. The summed E-state index contributed by atoms with van der Waals surface area (Å²) in [5, 5.41) is 7.52. The van der Waals surface area contributed by atoms with Gasteiger partial charge in [0.2, 0.25) is 16.0 Å². The quantitative estimate of drug-likeness (QED) is 0.289. The minimum absolute atomic E-state index is 0.0871. The zero-order valence-electron chi connectivity index (χ0n) is 21.1. The number of para-hydroxylation sites is 1. The molecule has 200 valence electrons. The van der Waals surface area contributed by atoms with Gasteiger partial charge < -0.3 is 14.2 Å². The van der Waals surface area contributed by atoms with Crippen LogP contribution in [-0.4, -0.2) is 64.2 Å². The van der Waals surface area contributed by atoms with Gasteiger partial charge in [0.15, 0.2) is 5.82 Å². The Bertz CT molecular complexity index is 1460. The molecule has 4 rings (SSSR count). The molecule has 0 fully saturated rings. The first-order valence-corrected chi connectivity index (χ1v) is 13.4. The van der Waals surface area contributed by atoms with Gasteiger partial charge in [-0.3, -0.25) is 19.3 Å². The Kier molecular flexibility index (Phi) is 8.39.